The second kappa shape index (κ2) is 12.0. The zero-order valence-electron chi connectivity index (χ0n) is 25.3. The summed E-state index contributed by atoms with van der Waals surface area (Å²) in [6, 6.07) is 37.1. The lowest BCUT2D eigenvalue weighted by molar-refractivity contribution is 0.232. The standard InChI is InChI=1S/C40H36N2O2/c1-3-5-10-26(4-2)25-44-31-19-22-34(37(43)23-31)36-24-35(27-11-7-6-8-12-27)41-40(42-36)33-21-18-30-16-15-28-13-9-14-29-17-20-32(33)39(30)38(28)29/h6-9,11-24,26,43H,3-5,10,25H2,1-2H3. The number of rotatable bonds is 10. The van der Waals surface area contributed by atoms with Gasteiger partial charge in [0.05, 0.1) is 18.0 Å². The van der Waals surface area contributed by atoms with Gasteiger partial charge < -0.3 is 9.84 Å². The molecule has 1 heterocycles. The first kappa shape index (κ1) is 27.8. The molecule has 7 rings (SSSR count). The fraction of sp³-hybridized carbons (Fsp3) is 0.200. The lowest BCUT2D eigenvalue weighted by atomic mass is 9.91. The smallest absolute Gasteiger partial charge is 0.161 e. The molecule has 1 aromatic heterocycles. The van der Waals surface area contributed by atoms with Crippen LogP contribution in [0, 0.1) is 5.92 Å². The van der Waals surface area contributed by atoms with Crippen molar-refractivity contribution in [3.63, 3.8) is 0 Å². The number of phenolic OH excluding ortho intramolecular Hbond substituents is 1. The van der Waals surface area contributed by atoms with E-state index >= 15 is 0 Å². The molecule has 0 aliphatic rings. The molecule has 0 fully saturated rings. The number of aromatic hydroxyl groups is 1. The van der Waals surface area contributed by atoms with Crippen molar-refractivity contribution < 1.29 is 9.84 Å². The Morgan fingerprint density at radius 1 is 0.682 bits per heavy atom. The maximum atomic E-state index is 11.2. The second-order valence-corrected chi connectivity index (χ2v) is 11.7. The van der Waals surface area contributed by atoms with Gasteiger partial charge in [-0.2, -0.15) is 0 Å². The van der Waals surface area contributed by atoms with Crippen LogP contribution in [-0.2, 0) is 0 Å². The van der Waals surface area contributed by atoms with E-state index in [0.717, 1.165) is 35.0 Å². The number of unbranched alkanes of at least 4 members (excludes halogenated alkanes) is 1. The van der Waals surface area contributed by atoms with Gasteiger partial charge in [0.15, 0.2) is 5.82 Å². The molecule has 0 saturated heterocycles. The fourth-order valence-corrected chi connectivity index (χ4v) is 6.32. The van der Waals surface area contributed by atoms with Gasteiger partial charge in [-0.15, -0.1) is 0 Å². The highest BCUT2D eigenvalue weighted by molar-refractivity contribution is 6.25. The van der Waals surface area contributed by atoms with Crippen LogP contribution in [0.3, 0.4) is 0 Å². The molecule has 0 spiro atoms. The van der Waals surface area contributed by atoms with E-state index in [-0.39, 0.29) is 5.75 Å². The van der Waals surface area contributed by atoms with Crippen LogP contribution < -0.4 is 4.74 Å². The van der Waals surface area contributed by atoms with Crippen LogP contribution >= 0.6 is 0 Å². The first-order valence-electron chi connectivity index (χ1n) is 15.7. The van der Waals surface area contributed by atoms with E-state index in [4.69, 9.17) is 14.7 Å². The van der Waals surface area contributed by atoms with Crippen molar-refractivity contribution in [2.24, 2.45) is 5.92 Å². The van der Waals surface area contributed by atoms with Crippen molar-refractivity contribution in [3.8, 4) is 45.4 Å². The summed E-state index contributed by atoms with van der Waals surface area (Å²) in [5, 5.41) is 18.5. The molecule has 4 nitrogen and oxygen atoms in total. The summed E-state index contributed by atoms with van der Waals surface area (Å²) in [6.07, 6.45) is 4.63. The van der Waals surface area contributed by atoms with E-state index in [9.17, 15) is 5.11 Å². The van der Waals surface area contributed by atoms with Crippen molar-refractivity contribution in [1.29, 1.82) is 0 Å². The minimum absolute atomic E-state index is 0.142. The summed E-state index contributed by atoms with van der Waals surface area (Å²) < 4.78 is 6.13. The third kappa shape index (κ3) is 5.22. The van der Waals surface area contributed by atoms with Crippen LogP contribution in [0.15, 0.2) is 109 Å². The van der Waals surface area contributed by atoms with Crippen molar-refractivity contribution in [2.45, 2.75) is 39.5 Å². The monoisotopic (exact) mass is 576 g/mol. The van der Waals surface area contributed by atoms with Crippen molar-refractivity contribution in [1.82, 2.24) is 9.97 Å². The molecule has 0 radical (unpaired) electrons. The molecule has 1 atom stereocenters. The van der Waals surface area contributed by atoms with Gasteiger partial charge in [0.25, 0.3) is 0 Å². The van der Waals surface area contributed by atoms with E-state index in [0.29, 0.717) is 35.4 Å². The van der Waals surface area contributed by atoms with E-state index in [1.54, 1.807) is 6.07 Å². The Kier molecular flexibility index (Phi) is 7.57. The number of hydrogen-bond acceptors (Lipinski definition) is 4. The third-order valence-corrected chi connectivity index (χ3v) is 8.84. The Labute approximate surface area is 258 Å². The highest BCUT2D eigenvalue weighted by Gasteiger charge is 2.18. The summed E-state index contributed by atoms with van der Waals surface area (Å²) in [6.45, 7) is 5.08. The van der Waals surface area contributed by atoms with Gasteiger partial charge >= 0.3 is 0 Å². The minimum atomic E-state index is 0.142. The Hall–Kier alpha value is -4.96. The first-order chi connectivity index (χ1) is 21.6. The molecule has 0 bridgehead atoms. The Morgan fingerprint density at radius 3 is 2.14 bits per heavy atom. The number of nitrogens with zero attached hydrogens (tertiary/aromatic N) is 2. The van der Waals surface area contributed by atoms with E-state index in [1.165, 1.54) is 39.8 Å². The quantitative estimate of drug-likeness (QED) is 0.165. The second-order valence-electron chi connectivity index (χ2n) is 11.7. The van der Waals surface area contributed by atoms with Gasteiger partial charge in [0.2, 0.25) is 0 Å². The zero-order chi connectivity index (χ0) is 30.0. The third-order valence-electron chi connectivity index (χ3n) is 8.84. The number of aromatic nitrogens is 2. The predicted molar refractivity (Wildman–Crippen MR) is 183 cm³/mol. The molecule has 0 aliphatic carbocycles. The van der Waals surface area contributed by atoms with Crippen LogP contribution in [0.2, 0.25) is 0 Å². The zero-order valence-corrected chi connectivity index (χ0v) is 25.3. The maximum Gasteiger partial charge on any atom is 0.161 e. The van der Waals surface area contributed by atoms with Crippen molar-refractivity contribution in [2.75, 3.05) is 6.61 Å². The molecular weight excluding hydrogens is 540 g/mol. The van der Waals surface area contributed by atoms with E-state index in [2.05, 4.69) is 80.6 Å². The van der Waals surface area contributed by atoms with Crippen LogP contribution in [0.5, 0.6) is 11.5 Å². The van der Waals surface area contributed by atoms with Gasteiger partial charge in [-0.05, 0) is 68.9 Å². The molecule has 0 amide bonds. The number of hydrogen-bond donors (Lipinski definition) is 1. The van der Waals surface area contributed by atoms with Crippen LogP contribution in [0.25, 0.3) is 66.2 Å². The predicted octanol–water partition coefficient (Wildman–Crippen LogP) is 10.7. The average molecular weight is 577 g/mol. The lowest BCUT2D eigenvalue weighted by Gasteiger charge is -2.17. The van der Waals surface area contributed by atoms with Crippen molar-refractivity contribution in [3.05, 3.63) is 109 Å². The minimum Gasteiger partial charge on any atom is -0.507 e. The van der Waals surface area contributed by atoms with Crippen LogP contribution in [0.1, 0.15) is 39.5 Å². The van der Waals surface area contributed by atoms with Gasteiger partial charge in [-0.3, -0.25) is 0 Å². The molecule has 44 heavy (non-hydrogen) atoms. The Bertz CT molecular complexity index is 2050. The first-order valence-corrected chi connectivity index (χ1v) is 15.7. The van der Waals surface area contributed by atoms with Gasteiger partial charge in [-0.1, -0.05) is 112 Å². The van der Waals surface area contributed by atoms with E-state index < -0.39 is 0 Å². The topological polar surface area (TPSA) is 55.2 Å². The molecule has 0 saturated carbocycles. The summed E-state index contributed by atoms with van der Waals surface area (Å²) in [7, 11) is 0. The largest absolute Gasteiger partial charge is 0.507 e. The van der Waals surface area contributed by atoms with Crippen molar-refractivity contribution >= 4 is 32.3 Å². The van der Waals surface area contributed by atoms with Crippen LogP contribution in [0.4, 0.5) is 0 Å². The maximum absolute atomic E-state index is 11.2. The molecule has 4 heteroatoms. The number of phenols is 1. The Morgan fingerprint density at radius 2 is 1.39 bits per heavy atom. The lowest BCUT2D eigenvalue weighted by Crippen LogP contribution is -2.11. The molecule has 7 aromatic rings. The summed E-state index contributed by atoms with van der Waals surface area (Å²) in [5.74, 6) is 1.95. The molecular formula is C40H36N2O2. The Balaban J connectivity index is 1.33. The van der Waals surface area contributed by atoms with Gasteiger partial charge in [0, 0.05) is 22.8 Å². The average Bonchev–Trinajstić information content (AvgIpc) is 3.07. The number of ether oxygens (including phenoxy) is 1. The van der Waals surface area contributed by atoms with Gasteiger partial charge in [0.1, 0.15) is 11.5 Å². The molecule has 6 aromatic carbocycles. The SMILES string of the molecule is CCCCC(CC)COc1ccc(-c2cc(-c3ccccc3)nc(-c3ccc4ccc5cccc6ccc3c4c56)n2)c(O)c1. The summed E-state index contributed by atoms with van der Waals surface area (Å²) >= 11 is 0. The summed E-state index contributed by atoms with van der Waals surface area (Å²) in [4.78, 5) is 10.2. The molecule has 0 aliphatic heterocycles. The molecule has 218 valence electrons. The fourth-order valence-electron chi connectivity index (χ4n) is 6.32. The van der Waals surface area contributed by atoms with E-state index in [1.807, 2.05) is 36.4 Å². The highest BCUT2D eigenvalue weighted by Crippen LogP contribution is 2.40. The number of benzene rings is 6. The highest BCUT2D eigenvalue weighted by atomic mass is 16.5. The van der Waals surface area contributed by atoms with Gasteiger partial charge in [-0.25, -0.2) is 9.97 Å². The molecule has 1 unspecified atom stereocenters. The summed E-state index contributed by atoms with van der Waals surface area (Å²) in [5.41, 5.74) is 4.07. The van der Waals surface area contributed by atoms with Crippen LogP contribution in [-0.4, -0.2) is 21.7 Å². The molecule has 1 N–H and O–H groups in total. The normalized spacial score (nSPS) is 12.3.